The summed E-state index contributed by atoms with van der Waals surface area (Å²) in [5.41, 5.74) is 2.50. The van der Waals surface area contributed by atoms with E-state index in [0.717, 1.165) is 30.5 Å². The third kappa shape index (κ3) is 2.66. The highest BCUT2D eigenvalue weighted by Gasteiger charge is 2.30. The van der Waals surface area contributed by atoms with Crippen LogP contribution in [0.4, 0.5) is 0 Å². The molecule has 0 spiro atoms. The number of pyridine rings is 1. The highest BCUT2D eigenvalue weighted by Crippen LogP contribution is 2.32. The van der Waals surface area contributed by atoms with Gasteiger partial charge >= 0.3 is 0 Å². The van der Waals surface area contributed by atoms with Gasteiger partial charge in [0.05, 0.1) is 6.04 Å². The molecule has 2 aromatic rings. The van der Waals surface area contributed by atoms with E-state index in [2.05, 4.69) is 10.9 Å². The van der Waals surface area contributed by atoms with Crippen molar-refractivity contribution >= 4 is 5.91 Å². The number of nitrogens with zero attached hydrogens (tertiary/aromatic N) is 2. The summed E-state index contributed by atoms with van der Waals surface area (Å²) in [6.07, 6.45) is 9.03. The lowest BCUT2D eigenvalue weighted by atomic mass is 10.0. The first-order valence-electron chi connectivity index (χ1n) is 7.08. The molecule has 3 nitrogen and oxygen atoms in total. The second-order valence-corrected chi connectivity index (χ2v) is 5.14. The average molecular weight is 276 g/mol. The molecule has 1 atom stereocenters. The van der Waals surface area contributed by atoms with Crippen molar-refractivity contribution in [3.63, 3.8) is 0 Å². The van der Waals surface area contributed by atoms with Crippen LogP contribution in [0.1, 0.15) is 40.5 Å². The number of likely N-dealkylation sites (tertiary alicyclic amines) is 1. The van der Waals surface area contributed by atoms with Crippen LogP contribution in [0.3, 0.4) is 0 Å². The van der Waals surface area contributed by atoms with Crippen molar-refractivity contribution in [2.24, 2.45) is 0 Å². The van der Waals surface area contributed by atoms with Crippen molar-refractivity contribution in [1.82, 2.24) is 9.88 Å². The number of carbonyl (C=O) groups excluding carboxylic acids is 1. The van der Waals surface area contributed by atoms with Crippen LogP contribution in [0.15, 0.2) is 48.7 Å². The summed E-state index contributed by atoms with van der Waals surface area (Å²) in [6, 6.07) is 13.4. The fourth-order valence-corrected chi connectivity index (χ4v) is 2.79. The number of hydrogen-bond acceptors (Lipinski definition) is 2. The Balaban J connectivity index is 1.85. The van der Waals surface area contributed by atoms with Crippen LogP contribution in [0.5, 0.6) is 0 Å². The molecule has 1 saturated heterocycles. The molecule has 21 heavy (non-hydrogen) atoms. The third-order valence-electron chi connectivity index (χ3n) is 3.86. The lowest BCUT2D eigenvalue weighted by Gasteiger charge is -2.24. The lowest BCUT2D eigenvalue weighted by Crippen LogP contribution is -2.31. The van der Waals surface area contributed by atoms with Gasteiger partial charge in [-0.25, -0.2) is 0 Å². The molecule has 1 unspecified atom stereocenters. The predicted molar refractivity (Wildman–Crippen MR) is 81.6 cm³/mol. The van der Waals surface area contributed by atoms with E-state index in [0.29, 0.717) is 5.69 Å². The van der Waals surface area contributed by atoms with Crippen LogP contribution in [-0.2, 0) is 0 Å². The highest BCUT2D eigenvalue weighted by atomic mass is 16.2. The number of rotatable bonds is 2. The summed E-state index contributed by atoms with van der Waals surface area (Å²) in [5.74, 6) is 2.61. The van der Waals surface area contributed by atoms with Crippen LogP contribution in [0.25, 0.3) is 0 Å². The number of carbonyl (C=O) groups is 1. The molecule has 1 aromatic heterocycles. The van der Waals surface area contributed by atoms with E-state index in [1.165, 1.54) is 0 Å². The van der Waals surface area contributed by atoms with Gasteiger partial charge in [-0.1, -0.05) is 24.1 Å². The molecule has 1 aliphatic rings. The monoisotopic (exact) mass is 276 g/mol. The molecular formula is C18H16N2O. The Labute approximate surface area is 124 Å². The van der Waals surface area contributed by atoms with Gasteiger partial charge in [0.2, 0.25) is 0 Å². The minimum absolute atomic E-state index is 0.000809. The molecular weight excluding hydrogens is 260 g/mol. The summed E-state index contributed by atoms with van der Waals surface area (Å²) >= 11 is 0. The van der Waals surface area contributed by atoms with Crippen LogP contribution >= 0.6 is 0 Å². The third-order valence-corrected chi connectivity index (χ3v) is 3.86. The maximum atomic E-state index is 12.6. The van der Waals surface area contributed by atoms with Gasteiger partial charge in [0.15, 0.2) is 0 Å². The van der Waals surface area contributed by atoms with Gasteiger partial charge in [-0.05, 0) is 42.7 Å². The number of benzene rings is 1. The van der Waals surface area contributed by atoms with Gasteiger partial charge in [-0.2, -0.15) is 0 Å². The predicted octanol–water partition coefficient (Wildman–Crippen LogP) is 3.04. The topological polar surface area (TPSA) is 33.2 Å². The zero-order valence-electron chi connectivity index (χ0n) is 11.7. The summed E-state index contributed by atoms with van der Waals surface area (Å²) in [4.78, 5) is 18.7. The Bertz CT molecular complexity index is 671. The molecule has 3 rings (SSSR count). The molecule has 1 fully saturated rings. The Hall–Kier alpha value is -2.60. The normalized spacial score (nSPS) is 17.5. The molecule has 1 amide bonds. The van der Waals surface area contributed by atoms with Crippen LogP contribution in [0, 0.1) is 12.3 Å². The van der Waals surface area contributed by atoms with E-state index in [9.17, 15) is 4.79 Å². The largest absolute Gasteiger partial charge is 0.330 e. The van der Waals surface area contributed by atoms with E-state index >= 15 is 0 Å². The fraction of sp³-hybridized carbons (Fsp3) is 0.222. The maximum Gasteiger partial charge on any atom is 0.272 e. The van der Waals surface area contributed by atoms with Crippen molar-refractivity contribution in [3.05, 3.63) is 65.5 Å². The van der Waals surface area contributed by atoms with Gasteiger partial charge in [0.25, 0.3) is 5.91 Å². The number of hydrogen-bond donors (Lipinski definition) is 0. The van der Waals surface area contributed by atoms with E-state index in [4.69, 9.17) is 6.42 Å². The molecule has 0 bridgehead atoms. The SMILES string of the molecule is C#Cc1ccc(C2CCCN2C(=O)c2ccccn2)cc1. The Kier molecular flexibility index (Phi) is 3.70. The molecule has 3 heteroatoms. The van der Waals surface area contributed by atoms with Crippen LogP contribution < -0.4 is 0 Å². The first-order chi connectivity index (χ1) is 10.3. The summed E-state index contributed by atoms with van der Waals surface area (Å²) in [7, 11) is 0. The second kappa shape index (κ2) is 5.80. The van der Waals surface area contributed by atoms with Gasteiger partial charge in [0.1, 0.15) is 5.69 Å². The summed E-state index contributed by atoms with van der Waals surface area (Å²) in [6.45, 7) is 0.775. The van der Waals surface area contributed by atoms with Crippen molar-refractivity contribution in [3.8, 4) is 12.3 Å². The van der Waals surface area contributed by atoms with Crippen molar-refractivity contribution in [1.29, 1.82) is 0 Å². The molecule has 104 valence electrons. The average Bonchev–Trinajstić information content (AvgIpc) is 3.04. The smallest absolute Gasteiger partial charge is 0.272 e. The van der Waals surface area contributed by atoms with Crippen molar-refractivity contribution < 1.29 is 4.79 Å². The van der Waals surface area contributed by atoms with Gasteiger partial charge in [-0.15, -0.1) is 6.42 Å². The summed E-state index contributed by atoms with van der Waals surface area (Å²) in [5, 5.41) is 0. The molecule has 0 saturated carbocycles. The summed E-state index contributed by atoms with van der Waals surface area (Å²) < 4.78 is 0. The van der Waals surface area contributed by atoms with E-state index in [1.54, 1.807) is 12.3 Å². The number of terminal acetylenes is 1. The molecule has 0 radical (unpaired) electrons. The zero-order chi connectivity index (χ0) is 14.7. The van der Waals surface area contributed by atoms with Crippen LogP contribution in [-0.4, -0.2) is 22.3 Å². The van der Waals surface area contributed by atoms with Crippen LogP contribution in [0.2, 0.25) is 0 Å². The van der Waals surface area contributed by atoms with E-state index < -0.39 is 0 Å². The Morgan fingerprint density at radius 3 is 2.71 bits per heavy atom. The van der Waals surface area contributed by atoms with Gasteiger partial charge in [0, 0.05) is 18.3 Å². The van der Waals surface area contributed by atoms with Crippen molar-refractivity contribution in [2.75, 3.05) is 6.54 Å². The maximum absolute atomic E-state index is 12.6. The Morgan fingerprint density at radius 2 is 2.05 bits per heavy atom. The first-order valence-corrected chi connectivity index (χ1v) is 7.08. The van der Waals surface area contributed by atoms with Gasteiger partial charge in [-0.3, -0.25) is 9.78 Å². The first kappa shape index (κ1) is 13.4. The molecule has 0 aliphatic carbocycles. The van der Waals surface area contributed by atoms with Gasteiger partial charge < -0.3 is 4.90 Å². The molecule has 1 aliphatic heterocycles. The number of amides is 1. The molecule has 0 N–H and O–H groups in total. The van der Waals surface area contributed by atoms with E-state index in [1.807, 2.05) is 41.3 Å². The quantitative estimate of drug-likeness (QED) is 0.790. The van der Waals surface area contributed by atoms with Crippen molar-refractivity contribution in [2.45, 2.75) is 18.9 Å². The zero-order valence-corrected chi connectivity index (χ0v) is 11.7. The fourth-order valence-electron chi connectivity index (χ4n) is 2.79. The Morgan fingerprint density at radius 1 is 1.24 bits per heavy atom. The molecule has 1 aromatic carbocycles. The second-order valence-electron chi connectivity index (χ2n) is 5.14. The highest BCUT2D eigenvalue weighted by molar-refractivity contribution is 5.92. The molecule has 2 heterocycles. The standard InChI is InChI=1S/C18H16N2O/c1-2-14-8-10-15(11-9-14)17-7-5-13-20(17)18(21)16-6-3-4-12-19-16/h1,3-4,6,8-12,17H,5,7,13H2. The minimum atomic E-state index is -0.000809. The minimum Gasteiger partial charge on any atom is -0.330 e. The van der Waals surface area contributed by atoms with E-state index in [-0.39, 0.29) is 11.9 Å². The lowest BCUT2D eigenvalue weighted by molar-refractivity contribution is 0.0729. The number of aromatic nitrogens is 1.